The molecule has 0 aliphatic carbocycles. The van der Waals surface area contributed by atoms with Crippen LogP contribution < -0.4 is 11.1 Å². The minimum atomic E-state index is -0.523. The minimum Gasteiger partial charge on any atom is -0.369 e. The van der Waals surface area contributed by atoms with Crippen LogP contribution in [0.25, 0.3) is 0 Å². The van der Waals surface area contributed by atoms with Crippen LogP contribution >= 0.6 is 0 Å². The van der Waals surface area contributed by atoms with Crippen LogP contribution in [-0.4, -0.2) is 16.7 Å². The molecule has 2 amide bonds. The number of hydrogen-bond donors (Lipinski definition) is 2. The lowest BCUT2D eigenvalue weighted by Gasteiger charge is -2.08. The summed E-state index contributed by atoms with van der Waals surface area (Å²) in [6.07, 6.45) is 0.123. The number of hydrogen-bond acceptors (Lipinski definition) is 4. The number of carbonyl (C=O) groups is 2. The topological polar surface area (TPSA) is 115 Å². The normalized spacial score (nSPS) is 10.1. The Morgan fingerprint density at radius 3 is 2.39 bits per heavy atom. The Morgan fingerprint density at radius 1 is 1.17 bits per heavy atom. The van der Waals surface area contributed by atoms with E-state index in [1.807, 2.05) is 0 Å². The fourth-order valence-electron chi connectivity index (χ4n) is 2.17. The second-order valence-electron chi connectivity index (χ2n) is 5.00. The van der Waals surface area contributed by atoms with Gasteiger partial charge in [-0.3, -0.25) is 19.7 Å². The summed E-state index contributed by atoms with van der Waals surface area (Å²) in [6.45, 7) is 1.53. The first-order chi connectivity index (χ1) is 10.9. The summed E-state index contributed by atoms with van der Waals surface area (Å²) in [5, 5.41) is 13.6. The second kappa shape index (κ2) is 6.69. The maximum absolute atomic E-state index is 12.3. The molecular formula is C16H15N3O4. The molecule has 0 aromatic heterocycles. The van der Waals surface area contributed by atoms with Gasteiger partial charge in [0.15, 0.2) is 0 Å². The third kappa shape index (κ3) is 3.91. The maximum Gasteiger partial charge on any atom is 0.273 e. The van der Waals surface area contributed by atoms with Gasteiger partial charge in [0.1, 0.15) is 0 Å². The molecule has 0 saturated carbocycles. The van der Waals surface area contributed by atoms with Crippen molar-refractivity contribution in [1.82, 2.24) is 0 Å². The van der Waals surface area contributed by atoms with Crippen LogP contribution in [0.3, 0.4) is 0 Å². The van der Waals surface area contributed by atoms with Crippen molar-refractivity contribution in [2.45, 2.75) is 13.3 Å². The van der Waals surface area contributed by atoms with Gasteiger partial charge in [0, 0.05) is 22.9 Å². The monoisotopic (exact) mass is 313 g/mol. The molecule has 7 nitrogen and oxygen atoms in total. The number of nitro groups is 1. The van der Waals surface area contributed by atoms with Gasteiger partial charge in [0.25, 0.3) is 11.6 Å². The molecule has 0 fully saturated rings. The maximum atomic E-state index is 12.3. The molecule has 2 rings (SSSR count). The van der Waals surface area contributed by atoms with E-state index in [2.05, 4.69) is 5.32 Å². The van der Waals surface area contributed by atoms with E-state index in [0.29, 0.717) is 11.3 Å². The molecule has 2 aromatic carbocycles. The molecule has 0 aliphatic rings. The lowest BCUT2D eigenvalue weighted by atomic mass is 10.1. The number of carbonyl (C=O) groups excluding carboxylic acids is 2. The number of anilines is 1. The van der Waals surface area contributed by atoms with E-state index in [4.69, 9.17) is 5.73 Å². The van der Waals surface area contributed by atoms with Gasteiger partial charge in [-0.15, -0.1) is 0 Å². The van der Waals surface area contributed by atoms with Gasteiger partial charge in [0.2, 0.25) is 5.91 Å². The van der Waals surface area contributed by atoms with Crippen molar-refractivity contribution in [3.05, 3.63) is 69.3 Å². The summed E-state index contributed by atoms with van der Waals surface area (Å²) in [7, 11) is 0. The number of nitrogens with one attached hydrogen (secondary N) is 1. The Balaban J connectivity index is 2.18. The predicted octanol–water partition coefficient (Wildman–Crippen LogP) is 2.18. The van der Waals surface area contributed by atoms with Crippen LogP contribution in [0.15, 0.2) is 42.5 Å². The smallest absolute Gasteiger partial charge is 0.273 e. The molecule has 0 spiro atoms. The van der Waals surface area contributed by atoms with Gasteiger partial charge in [-0.2, -0.15) is 0 Å². The molecule has 0 bridgehead atoms. The molecule has 0 radical (unpaired) electrons. The number of benzene rings is 2. The van der Waals surface area contributed by atoms with Crippen LogP contribution in [0.5, 0.6) is 0 Å². The molecule has 7 heteroatoms. The molecule has 3 N–H and O–H groups in total. The minimum absolute atomic E-state index is 0.102. The lowest BCUT2D eigenvalue weighted by molar-refractivity contribution is -0.385. The molecule has 0 atom stereocenters. The van der Waals surface area contributed by atoms with Crippen molar-refractivity contribution in [3.63, 3.8) is 0 Å². The Labute approximate surface area is 132 Å². The summed E-state index contributed by atoms with van der Waals surface area (Å²) in [4.78, 5) is 33.5. The van der Waals surface area contributed by atoms with E-state index in [-0.39, 0.29) is 17.7 Å². The molecule has 0 heterocycles. The first kappa shape index (κ1) is 16.2. The summed E-state index contributed by atoms with van der Waals surface area (Å²) >= 11 is 0. The first-order valence-electron chi connectivity index (χ1n) is 6.81. The highest BCUT2D eigenvalue weighted by Crippen LogP contribution is 2.22. The quantitative estimate of drug-likeness (QED) is 0.650. The van der Waals surface area contributed by atoms with E-state index >= 15 is 0 Å². The summed E-state index contributed by atoms with van der Waals surface area (Å²) < 4.78 is 0. The van der Waals surface area contributed by atoms with Crippen LogP contribution in [-0.2, 0) is 11.2 Å². The van der Waals surface area contributed by atoms with E-state index in [0.717, 1.165) is 5.56 Å². The van der Waals surface area contributed by atoms with Crippen LogP contribution in [0.2, 0.25) is 0 Å². The van der Waals surface area contributed by atoms with Gasteiger partial charge in [-0.05, 0) is 30.7 Å². The van der Waals surface area contributed by atoms with Gasteiger partial charge < -0.3 is 11.1 Å². The predicted molar refractivity (Wildman–Crippen MR) is 85.1 cm³/mol. The third-order valence-corrected chi connectivity index (χ3v) is 3.34. The van der Waals surface area contributed by atoms with Crippen LogP contribution in [0, 0.1) is 17.0 Å². The van der Waals surface area contributed by atoms with Crippen molar-refractivity contribution in [1.29, 1.82) is 0 Å². The zero-order chi connectivity index (χ0) is 17.0. The van der Waals surface area contributed by atoms with Crippen molar-refractivity contribution in [2.24, 2.45) is 5.73 Å². The number of amides is 2. The van der Waals surface area contributed by atoms with Crippen LogP contribution in [0.4, 0.5) is 11.4 Å². The zero-order valence-corrected chi connectivity index (χ0v) is 12.4. The van der Waals surface area contributed by atoms with E-state index < -0.39 is 16.7 Å². The fourth-order valence-corrected chi connectivity index (χ4v) is 2.17. The van der Waals surface area contributed by atoms with Crippen molar-refractivity contribution in [2.75, 3.05) is 5.32 Å². The van der Waals surface area contributed by atoms with E-state index in [9.17, 15) is 19.7 Å². The second-order valence-corrected chi connectivity index (χ2v) is 5.00. The van der Waals surface area contributed by atoms with Crippen molar-refractivity contribution >= 4 is 23.2 Å². The number of rotatable bonds is 5. The molecule has 23 heavy (non-hydrogen) atoms. The number of nitro benzene ring substituents is 1. The highest BCUT2D eigenvalue weighted by molar-refractivity contribution is 6.05. The lowest BCUT2D eigenvalue weighted by Crippen LogP contribution is -2.15. The molecule has 2 aromatic rings. The highest BCUT2D eigenvalue weighted by Gasteiger charge is 2.17. The Kier molecular flexibility index (Phi) is 4.70. The Morgan fingerprint density at radius 2 is 1.83 bits per heavy atom. The molecule has 118 valence electrons. The molecule has 0 aliphatic heterocycles. The van der Waals surface area contributed by atoms with Gasteiger partial charge >= 0.3 is 0 Å². The summed E-state index contributed by atoms with van der Waals surface area (Å²) in [5.41, 5.74) is 6.81. The molecular weight excluding hydrogens is 298 g/mol. The van der Waals surface area contributed by atoms with Crippen molar-refractivity contribution < 1.29 is 14.5 Å². The van der Waals surface area contributed by atoms with Crippen molar-refractivity contribution in [3.8, 4) is 0 Å². The first-order valence-corrected chi connectivity index (χ1v) is 6.81. The van der Waals surface area contributed by atoms with Crippen LogP contribution in [0.1, 0.15) is 21.5 Å². The average molecular weight is 313 g/mol. The molecule has 0 saturated heterocycles. The largest absolute Gasteiger partial charge is 0.369 e. The van der Waals surface area contributed by atoms with Gasteiger partial charge in [-0.25, -0.2) is 0 Å². The number of nitrogens with two attached hydrogens (primary N) is 1. The average Bonchev–Trinajstić information content (AvgIpc) is 2.48. The van der Waals surface area contributed by atoms with Gasteiger partial charge in [-0.1, -0.05) is 18.2 Å². The molecule has 0 unspecified atom stereocenters. The van der Waals surface area contributed by atoms with Gasteiger partial charge in [0.05, 0.1) is 11.3 Å². The highest BCUT2D eigenvalue weighted by atomic mass is 16.6. The van der Waals surface area contributed by atoms with E-state index in [1.165, 1.54) is 25.1 Å². The number of primary amides is 1. The Bertz CT molecular complexity index is 769. The number of nitrogens with zero attached hydrogens (tertiary/aromatic N) is 1. The summed E-state index contributed by atoms with van der Waals surface area (Å²) in [6, 6.07) is 11.0. The SMILES string of the molecule is Cc1c(C(=O)Nc2ccc(CC(N)=O)cc2)cccc1[N+](=O)[O-]. The van der Waals surface area contributed by atoms with E-state index in [1.54, 1.807) is 24.3 Å². The standard InChI is InChI=1S/C16H15N3O4/c1-10-13(3-2-4-14(10)19(22)23)16(21)18-12-7-5-11(6-8-12)9-15(17)20/h2-8H,9H2,1H3,(H2,17,20)(H,18,21). The zero-order valence-electron chi connectivity index (χ0n) is 12.4. The Hall–Kier alpha value is -3.22. The summed E-state index contributed by atoms with van der Waals surface area (Å²) in [5.74, 6) is -0.872. The third-order valence-electron chi connectivity index (χ3n) is 3.34. The fraction of sp³-hybridized carbons (Fsp3) is 0.125.